The van der Waals surface area contributed by atoms with Crippen molar-refractivity contribution in [3.8, 4) is 0 Å². The molecule has 0 amide bonds. The summed E-state index contributed by atoms with van der Waals surface area (Å²) < 4.78 is 0. The van der Waals surface area contributed by atoms with Gasteiger partial charge in [0.2, 0.25) is 0 Å². The van der Waals surface area contributed by atoms with Crippen LogP contribution < -0.4 is 0 Å². The summed E-state index contributed by atoms with van der Waals surface area (Å²) in [4.78, 5) is 4.35. The number of fused-ring (bicyclic) bond motifs is 1. The van der Waals surface area contributed by atoms with Crippen molar-refractivity contribution in [3.63, 3.8) is 0 Å². The first-order valence-electron chi connectivity index (χ1n) is 4.65. The molecule has 1 fully saturated rings. The first kappa shape index (κ1) is 9.19. The fourth-order valence-electron chi connectivity index (χ4n) is 2.33. The Labute approximate surface area is 78.0 Å². The number of aliphatic hydroxyl groups is 1. The van der Waals surface area contributed by atoms with Gasteiger partial charge < -0.3 is 5.11 Å². The van der Waals surface area contributed by atoms with Crippen LogP contribution in [0.15, 0.2) is 11.6 Å². The van der Waals surface area contributed by atoms with Crippen LogP contribution in [-0.2, 0) is 4.89 Å². The van der Waals surface area contributed by atoms with Gasteiger partial charge in [-0.25, -0.2) is 4.89 Å². The van der Waals surface area contributed by atoms with Crippen molar-refractivity contribution < 1.29 is 15.3 Å². The number of aliphatic hydroxyl groups excluding tert-OH is 1. The maximum atomic E-state index is 9.73. The first-order chi connectivity index (χ1) is 5.92. The van der Waals surface area contributed by atoms with E-state index < -0.39 is 11.7 Å². The van der Waals surface area contributed by atoms with Gasteiger partial charge in [0.1, 0.15) is 5.60 Å². The summed E-state index contributed by atoms with van der Waals surface area (Å²) in [5.74, 6) is 0.478. The summed E-state index contributed by atoms with van der Waals surface area (Å²) in [6, 6.07) is 0. The molecule has 2 aliphatic rings. The van der Waals surface area contributed by atoms with E-state index >= 15 is 0 Å². The number of rotatable bonds is 1. The van der Waals surface area contributed by atoms with Crippen LogP contribution in [0.2, 0.25) is 0 Å². The molecule has 0 aromatic carbocycles. The second kappa shape index (κ2) is 2.35. The van der Waals surface area contributed by atoms with Crippen molar-refractivity contribution in [1.82, 2.24) is 0 Å². The summed E-state index contributed by atoms with van der Waals surface area (Å²) in [5, 5.41) is 18.5. The summed E-state index contributed by atoms with van der Waals surface area (Å²) in [6.45, 7) is 6.01. The fraction of sp³-hybridized carbons (Fsp3) is 0.800. The smallest absolute Gasteiger partial charge is 0.144 e. The average molecular weight is 184 g/mol. The first-order valence-corrected chi connectivity index (χ1v) is 4.65. The van der Waals surface area contributed by atoms with Gasteiger partial charge in [0.15, 0.2) is 0 Å². The lowest BCUT2D eigenvalue weighted by Crippen LogP contribution is -2.41. The molecule has 0 aromatic heterocycles. The zero-order chi connectivity index (χ0) is 9.85. The van der Waals surface area contributed by atoms with Crippen LogP contribution in [0.5, 0.6) is 0 Å². The lowest BCUT2D eigenvalue weighted by atomic mass is 9.90. The van der Waals surface area contributed by atoms with Gasteiger partial charge in [-0.05, 0) is 30.8 Å². The van der Waals surface area contributed by atoms with Crippen molar-refractivity contribution in [2.75, 3.05) is 0 Å². The third-order valence-electron chi connectivity index (χ3n) is 3.67. The van der Waals surface area contributed by atoms with Gasteiger partial charge in [-0.1, -0.05) is 19.4 Å². The monoisotopic (exact) mass is 184 g/mol. The van der Waals surface area contributed by atoms with Crippen LogP contribution in [0.1, 0.15) is 27.2 Å². The molecule has 0 bridgehead atoms. The van der Waals surface area contributed by atoms with Crippen LogP contribution in [0.3, 0.4) is 0 Å². The van der Waals surface area contributed by atoms with E-state index in [1.54, 1.807) is 6.92 Å². The van der Waals surface area contributed by atoms with Crippen LogP contribution in [0.25, 0.3) is 0 Å². The van der Waals surface area contributed by atoms with Gasteiger partial charge >= 0.3 is 0 Å². The predicted molar refractivity (Wildman–Crippen MR) is 48.1 cm³/mol. The van der Waals surface area contributed by atoms with Gasteiger partial charge in [0.05, 0.1) is 6.10 Å². The number of hydrogen-bond acceptors (Lipinski definition) is 3. The Hall–Kier alpha value is -0.380. The highest BCUT2D eigenvalue weighted by Crippen LogP contribution is 2.63. The SMILES string of the molecule is CC1(OO)C=C2C(CC1O)C2(C)C. The molecule has 0 heterocycles. The Morgan fingerprint density at radius 2 is 2.08 bits per heavy atom. The molecule has 3 heteroatoms. The topological polar surface area (TPSA) is 49.7 Å². The lowest BCUT2D eigenvalue weighted by molar-refractivity contribution is -0.324. The molecule has 0 aliphatic heterocycles. The van der Waals surface area contributed by atoms with Gasteiger partial charge in [0.25, 0.3) is 0 Å². The van der Waals surface area contributed by atoms with E-state index in [1.807, 2.05) is 6.08 Å². The lowest BCUT2D eigenvalue weighted by Gasteiger charge is -2.30. The molecule has 2 N–H and O–H groups in total. The minimum atomic E-state index is -0.903. The standard InChI is InChI=1S/C10H16O3/c1-9(2)6-4-8(11)10(3,13-12)5-7(6)9/h5-6,8,11-12H,4H2,1-3H3. The molecular weight excluding hydrogens is 168 g/mol. The molecule has 0 spiro atoms. The molecule has 2 aliphatic carbocycles. The van der Waals surface area contributed by atoms with Crippen molar-refractivity contribution in [2.24, 2.45) is 11.3 Å². The van der Waals surface area contributed by atoms with Gasteiger partial charge in [-0.3, -0.25) is 5.26 Å². The van der Waals surface area contributed by atoms with Crippen molar-refractivity contribution >= 4 is 0 Å². The Balaban J connectivity index is 2.31. The molecule has 3 atom stereocenters. The van der Waals surface area contributed by atoms with E-state index in [4.69, 9.17) is 5.26 Å². The largest absolute Gasteiger partial charge is 0.390 e. The number of allylic oxidation sites excluding steroid dienone is 1. The Kier molecular flexibility index (Phi) is 1.66. The molecule has 0 radical (unpaired) electrons. The normalized spacial score (nSPS) is 46.7. The Morgan fingerprint density at radius 3 is 2.62 bits per heavy atom. The molecule has 74 valence electrons. The highest BCUT2D eigenvalue weighted by Gasteiger charge is 2.58. The van der Waals surface area contributed by atoms with Gasteiger partial charge in [0, 0.05) is 0 Å². The van der Waals surface area contributed by atoms with Crippen LogP contribution in [0, 0.1) is 11.3 Å². The van der Waals surface area contributed by atoms with Crippen LogP contribution in [0.4, 0.5) is 0 Å². The molecule has 13 heavy (non-hydrogen) atoms. The highest BCUT2D eigenvalue weighted by atomic mass is 17.1. The van der Waals surface area contributed by atoms with Gasteiger partial charge in [-0.15, -0.1) is 0 Å². The van der Waals surface area contributed by atoms with Crippen molar-refractivity contribution in [2.45, 2.75) is 38.9 Å². The molecular formula is C10H16O3. The van der Waals surface area contributed by atoms with E-state index in [9.17, 15) is 5.11 Å². The van der Waals surface area contributed by atoms with Crippen LogP contribution >= 0.6 is 0 Å². The minimum absolute atomic E-state index is 0.192. The zero-order valence-electron chi connectivity index (χ0n) is 8.24. The molecule has 1 saturated carbocycles. The van der Waals surface area contributed by atoms with E-state index in [-0.39, 0.29) is 5.41 Å². The van der Waals surface area contributed by atoms with Crippen molar-refractivity contribution in [1.29, 1.82) is 0 Å². The zero-order valence-corrected chi connectivity index (χ0v) is 8.24. The van der Waals surface area contributed by atoms with E-state index in [1.165, 1.54) is 5.57 Å². The maximum Gasteiger partial charge on any atom is 0.144 e. The predicted octanol–water partition coefficient (Wildman–Crippen LogP) is 1.58. The fourth-order valence-corrected chi connectivity index (χ4v) is 2.33. The second-order valence-corrected chi connectivity index (χ2v) is 4.90. The molecule has 2 rings (SSSR count). The summed E-state index contributed by atoms with van der Waals surface area (Å²) >= 11 is 0. The highest BCUT2D eigenvalue weighted by molar-refractivity contribution is 5.41. The minimum Gasteiger partial charge on any atom is -0.390 e. The molecule has 3 unspecified atom stereocenters. The molecule has 0 saturated heterocycles. The molecule has 3 nitrogen and oxygen atoms in total. The second-order valence-electron chi connectivity index (χ2n) is 4.90. The van der Waals surface area contributed by atoms with E-state index in [0.29, 0.717) is 12.3 Å². The quantitative estimate of drug-likeness (QED) is 0.369. The number of hydrogen-bond donors (Lipinski definition) is 2. The Morgan fingerprint density at radius 1 is 1.46 bits per heavy atom. The maximum absolute atomic E-state index is 9.73. The van der Waals surface area contributed by atoms with Gasteiger partial charge in [-0.2, -0.15) is 0 Å². The van der Waals surface area contributed by atoms with Crippen LogP contribution in [-0.4, -0.2) is 22.1 Å². The third kappa shape index (κ3) is 1.08. The summed E-state index contributed by atoms with van der Waals surface area (Å²) in [7, 11) is 0. The van der Waals surface area contributed by atoms with E-state index in [2.05, 4.69) is 18.7 Å². The summed E-state index contributed by atoms with van der Waals surface area (Å²) in [5.41, 5.74) is 0.589. The molecule has 0 aromatic rings. The summed E-state index contributed by atoms with van der Waals surface area (Å²) in [6.07, 6.45) is 1.95. The van der Waals surface area contributed by atoms with Crippen molar-refractivity contribution in [3.05, 3.63) is 11.6 Å². The Bertz CT molecular complexity index is 269. The third-order valence-corrected chi connectivity index (χ3v) is 3.67. The van der Waals surface area contributed by atoms with E-state index in [0.717, 1.165) is 0 Å². The average Bonchev–Trinajstić information content (AvgIpc) is 2.56.